The first-order chi connectivity index (χ1) is 8.02. The molecule has 0 spiro atoms. The smallest absolute Gasteiger partial charge is 0.235 e. The van der Waals surface area contributed by atoms with E-state index in [4.69, 9.17) is 16.9 Å². The number of rotatable bonds is 4. The summed E-state index contributed by atoms with van der Waals surface area (Å²) in [6.45, 7) is 0.256. The van der Waals surface area contributed by atoms with Crippen LogP contribution in [0, 0.1) is 11.3 Å². The molecule has 0 radical (unpaired) electrons. The summed E-state index contributed by atoms with van der Waals surface area (Å²) in [7, 11) is 3.59. The lowest BCUT2D eigenvalue weighted by molar-refractivity contribution is -0.122. The van der Waals surface area contributed by atoms with Crippen molar-refractivity contribution in [2.75, 3.05) is 20.6 Å². The van der Waals surface area contributed by atoms with Gasteiger partial charge in [0.05, 0.1) is 12.6 Å². The Labute approximate surface area is 106 Å². The van der Waals surface area contributed by atoms with Crippen LogP contribution in [-0.2, 0) is 4.79 Å². The van der Waals surface area contributed by atoms with Crippen LogP contribution in [0.1, 0.15) is 11.6 Å². The molecular weight excluding hydrogens is 238 g/mol. The molecule has 1 aromatic carbocycles. The number of carbonyl (C=O) groups excluding carboxylic acids is 1. The lowest BCUT2D eigenvalue weighted by Gasteiger charge is -2.14. The molecular formula is C12H14ClN3O. The van der Waals surface area contributed by atoms with E-state index < -0.39 is 6.04 Å². The van der Waals surface area contributed by atoms with Gasteiger partial charge in [0.15, 0.2) is 0 Å². The summed E-state index contributed by atoms with van der Waals surface area (Å²) in [6.07, 6.45) is 0. The van der Waals surface area contributed by atoms with E-state index in [2.05, 4.69) is 5.32 Å². The first kappa shape index (κ1) is 13.5. The number of nitrogens with zero attached hydrogens (tertiary/aromatic N) is 2. The summed E-state index contributed by atoms with van der Waals surface area (Å²) in [4.78, 5) is 13.3. The van der Waals surface area contributed by atoms with Crippen molar-refractivity contribution < 1.29 is 4.79 Å². The van der Waals surface area contributed by atoms with Crippen LogP contribution in [0.25, 0.3) is 0 Å². The molecule has 0 saturated heterocycles. The maximum absolute atomic E-state index is 11.5. The second kappa shape index (κ2) is 6.24. The molecule has 0 unspecified atom stereocenters. The van der Waals surface area contributed by atoms with Gasteiger partial charge >= 0.3 is 0 Å². The molecule has 1 aromatic rings. The Morgan fingerprint density at radius 3 is 2.53 bits per heavy atom. The summed E-state index contributed by atoms with van der Waals surface area (Å²) in [5.74, 6) is -0.184. The van der Waals surface area contributed by atoms with Gasteiger partial charge in [0.2, 0.25) is 5.91 Å². The van der Waals surface area contributed by atoms with Gasteiger partial charge in [-0.25, -0.2) is 0 Å². The number of nitrogens with one attached hydrogen (secondary N) is 1. The second-order valence-electron chi connectivity index (χ2n) is 3.92. The van der Waals surface area contributed by atoms with Gasteiger partial charge in [-0.2, -0.15) is 5.26 Å². The third-order valence-electron chi connectivity index (χ3n) is 2.10. The molecule has 0 fully saturated rings. The zero-order chi connectivity index (χ0) is 12.8. The topological polar surface area (TPSA) is 56.1 Å². The first-order valence-corrected chi connectivity index (χ1v) is 5.50. The van der Waals surface area contributed by atoms with Crippen molar-refractivity contribution in [2.24, 2.45) is 0 Å². The van der Waals surface area contributed by atoms with Gasteiger partial charge in [0, 0.05) is 5.02 Å². The standard InChI is InChI=1S/C12H14ClN3O/c1-16(2)8-12(17)15-11(7-14)9-3-5-10(13)6-4-9/h3-6,11H,8H2,1-2H3,(H,15,17)/t11-/m0/s1. The number of halogens is 1. The molecule has 1 N–H and O–H groups in total. The van der Waals surface area contributed by atoms with Crippen LogP contribution in [0.3, 0.4) is 0 Å². The van der Waals surface area contributed by atoms with Crippen molar-refractivity contribution in [1.29, 1.82) is 5.26 Å². The van der Waals surface area contributed by atoms with E-state index in [1.165, 1.54) is 0 Å². The van der Waals surface area contributed by atoms with Crippen molar-refractivity contribution in [3.63, 3.8) is 0 Å². The minimum atomic E-state index is -0.639. The Balaban J connectivity index is 2.70. The minimum Gasteiger partial charge on any atom is -0.336 e. The summed E-state index contributed by atoms with van der Waals surface area (Å²) in [5, 5.41) is 12.3. The number of hydrogen-bond acceptors (Lipinski definition) is 3. The number of hydrogen-bond donors (Lipinski definition) is 1. The Morgan fingerprint density at radius 1 is 1.47 bits per heavy atom. The molecule has 1 amide bonds. The number of benzene rings is 1. The van der Waals surface area contributed by atoms with Crippen LogP contribution in [0.2, 0.25) is 5.02 Å². The highest BCUT2D eigenvalue weighted by atomic mass is 35.5. The Morgan fingerprint density at radius 2 is 2.06 bits per heavy atom. The Bertz CT molecular complexity index is 422. The van der Waals surface area contributed by atoms with Gasteiger partial charge in [-0.05, 0) is 31.8 Å². The fourth-order valence-corrected chi connectivity index (χ4v) is 1.47. The summed E-state index contributed by atoms with van der Waals surface area (Å²) >= 11 is 5.76. The van der Waals surface area contributed by atoms with Crippen molar-refractivity contribution >= 4 is 17.5 Å². The van der Waals surface area contributed by atoms with Gasteiger partial charge < -0.3 is 10.2 Å². The monoisotopic (exact) mass is 251 g/mol. The van der Waals surface area contributed by atoms with Crippen LogP contribution < -0.4 is 5.32 Å². The number of amides is 1. The highest BCUT2D eigenvalue weighted by Crippen LogP contribution is 2.15. The van der Waals surface area contributed by atoms with Gasteiger partial charge in [0.25, 0.3) is 0 Å². The van der Waals surface area contributed by atoms with Crippen LogP contribution in [0.4, 0.5) is 0 Å². The predicted octanol–water partition coefficient (Wildman–Crippen LogP) is 1.58. The van der Waals surface area contributed by atoms with Crippen LogP contribution in [0.15, 0.2) is 24.3 Å². The molecule has 0 aliphatic carbocycles. The summed E-state index contributed by atoms with van der Waals surface area (Å²) < 4.78 is 0. The maximum Gasteiger partial charge on any atom is 0.235 e. The second-order valence-corrected chi connectivity index (χ2v) is 4.36. The number of likely N-dealkylation sites (N-methyl/N-ethyl adjacent to an activating group) is 1. The average molecular weight is 252 g/mol. The number of carbonyl (C=O) groups is 1. The van der Waals surface area contributed by atoms with Gasteiger partial charge in [-0.1, -0.05) is 23.7 Å². The fourth-order valence-electron chi connectivity index (χ4n) is 1.34. The van der Waals surface area contributed by atoms with E-state index >= 15 is 0 Å². The van der Waals surface area contributed by atoms with E-state index in [1.807, 2.05) is 6.07 Å². The van der Waals surface area contributed by atoms with E-state index in [9.17, 15) is 4.79 Å². The molecule has 0 saturated carbocycles. The van der Waals surface area contributed by atoms with Crippen molar-refractivity contribution in [3.8, 4) is 6.07 Å². The van der Waals surface area contributed by atoms with Crippen molar-refractivity contribution in [1.82, 2.24) is 10.2 Å². The molecule has 17 heavy (non-hydrogen) atoms. The first-order valence-electron chi connectivity index (χ1n) is 5.12. The van der Waals surface area contributed by atoms with Gasteiger partial charge in [0.1, 0.15) is 6.04 Å². The maximum atomic E-state index is 11.5. The summed E-state index contributed by atoms with van der Waals surface area (Å²) in [5.41, 5.74) is 0.726. The van der Waals surface area contributed by atoms with Gasteiger partial charge in [-0.3, -0.25) is 4.79 Å². The molecule has 0 aliphatic rings. The van der Waals surface area contributed by atoms with Gasteiger partial charge in [-0.15, -0.1) is 0 Å². The predicted molar refractivity (Wildman–Crippen MR) is 66.5 cm³/mol. The highest BCUT2D eigenvalue weighted by Gasteiger charge is 2.13. The van der Waals surface area contributed by atoms with E-state index in [0.29, 0.717) is 5.02 Å². The highest BCUT2D eigenvalue weighted by molar-refractivity contribution is 6.30. The molecule has 1 rings (SSSR count). The Hall–Kier alpha value is -1.57. The zero-order valence-electron chi connectivity index (χ0n) is 9.77. The normalized spacial score (nSPS) is 11.9. The quantitative estimate of drug-likeness (QED) is 0.884. The SMILES string of the molecule is CN(C)CC(=O)N[C@@H](C#N)c1ccc(Cl)cc1. The zero-order valence-corrected chi connectivity index (χ0v) is 10.5. The average Bonchev–Trinajstić information content (AvgIpc) is 2.26. The molecule has 5 heteroatoms. The van der Waals surface area contributed by atoms with E-state index in [1.54, 1.807) is 43.3 Å². The molecule has 0 aliphatic heterocycles. The third-order valence-corrected chi connectivity index (χ3v) is 2.35. The number of nitriles is 1. The van der Waals surface area contributed by atoms with E-state index in [0.717, 1.165) is 5.56 Å². The van der Waals surface area contributed by atoms with Crippen LogP contribution in [0.5, 0.6) is 0 Å². The lowest BCUT2D eigenvalue weighted by Crippen LogP contribution is -2.35. The molecule has 0 heterocycles. The van der Waals surface area contributed by atoms with Crippen molar-refractivity contribution in [2.45, 2.75) is 6.04 Å². The molecule has 0 bridgehead atoms. The molecule has 90 valence electrons. The largest absolute Gasteiger partial charge is 0.336 e. The van der Waals surface area contributed by atoms with E-state index in [-0.39, 0.29) is 12.5 Å². The van der Waals surface area contributed by atoms with Crippen LogP contribution in [-0.4, -0.2) is 31.4 Å². The minimum absolute atomic E-state index is 0.184. The Kier molecular flexibility index (Phi) is 4.95. The molecule has 1 atom stereocenters. The lowest BCUT2D eigenvalue weighted by atomic mass is 10.1. The molecule has 0 aromatic heterocycles. The summed E-state index contributed by atoms with van der Waals surface area (Å²) in [6, 6.07) is 8.25. The van der Waals surface area contributed by atoms with Crippen LogP contribution >= 0.6 is 11.6 Å². The third kappa shape index (κ3) is 4.43. The fraction of sp³-hybridized carbons (Fsp3) is 0.333. The van der Waals surface area contributed by atoms with Crippen molar-refractivity contribution in [3.05, 3.63) is 34.9 Å². The molecule has 4 nitrogen and oxygen atoms in total.